The van der Waals surface area contributed by atoms with E-state index in [9.17, 15) is 9.90 Å². The van der Waals surface area contributed by atoms with Crippen molar-refractivity contribution >= 4 is 85.4 Å². The number of carbonyl (C=O) groups is 1. The molecule has 0 spiro atoms. The van der Waals surface area contributed by atoms with Gasteiger partial charge in [-0.15, -0.1) is 0 Å². The lowest BCUT2D eigenvalue weighted by Gasteiger charge is -2.29. The number of ketones is 1. The maximum Gasteiger partial charge on any atom is 0.194 e. The van der Waals surface area contributed by atoms with Crippen LogP contribution in [0.5, 0.6) is 0 Å². The lowest BCUT2D eigenvalue weighted by atomic mass is 9.81. The van der Waals surface area contributed by atoms with Gasteiger partial charge in [0, 0.05) is 44.6 Å². The van der Waals surface area contributed by atoms with E-state index in [1.807, 2.05) is 12.1 Å². The number of carbonyl (C=O) groups excluding carboxylic acids is 1. The van der Waals surface area contributed by atoms with Crippen molar-refractivity contribution in [2.75, 3.05) is 0 Å². The molecule has 0 heterocycles. The zero-order valence-corrected chi connectivity index (χ0v) is 55.7. The normalized spacial score (nSPS) is 12.6. The number of benzene rings is 6. The number of hydrogen-bond acceptors (Lipinski definition) is 2. The fourth-order valence-electron chi connectivity index (χ4n) is 11.3. The highest BCUT2D eigenvalue weighted by molar-refractivity contribution is 9.11. The second kappa shape index (κ2) is 31.5. The summed E-state index contributed by atoms with van der Waals surface area (Å²) in [4.78, 5) is 12.5. The first-order chi connectivity index (χ1) is 37.2. The Kier molecular flexibility index (Phi) is 26.0. The molecular weight excluding hydrogens is 1270 g/mol. The van der Waals surface area contributed by atoms with Gasteiger partial charge in [0.05, 0.1) is 0 Å². The molecular formula is C70H87Br5O2. The van der Waals surface area contributed by atoms with Crippen molar-refractivity contribution in [1.82, 2.24) is 0 Å². The molecule has 0 bridgehead atoms. The molecule has 0 atom stereocenters. The van der Waals surface area contributed by atoms with Crippen LogP contribution in [-0.2, 0) is 57.0 Å². The highest BCUT2D eigenvalue weighted by Gasteiger charge is 2.44. The van der Waals surface area contributed by atoms with Crippen LogP contribution in [0.3, 0.4) is 0 Å². The highest BCUT2D eigenvalue weighted by Crippen LogP contribution is 2.54. The van der Waals surface area contributed by atoms with E-state index in [1.165, 1.54) is 176 Å². The Balaban J connectivity index is 0.000000207. The Bertz CT molecular complexity index is 2730. The zero-order chi connectivity index (χ0) is 55.6. The van der Waals surface area contributed by atoms with Gasteiger partial charge in [-0.1, -0.05) is 236 Å². The molecule has 0 saturated carbocycles. The molecule has 0 unspecified atom stereocenters. The smallest absolute Gasteiger partial charge is 0.194 e. The molecule has 6 aromatic carbocycles. The van der Waals surface area contributed by atoms with E-state index in [-0.39, 0.29) is 5.78 Å². The second-order valence-corrected chi connectivity index (χ2v) is 26.0. The summed E-state index contributed by atoms with van der Waals surface area (Å²) in [6, 6.07) is 31.2. The highest BCUT2D eigenvalue weighted by atomic mass is 79.9. The predicted molar refractivity (Wildman–Crippen MR) is 350 cm³/mol. The van der Waals surface area contributed by atoms with Crippen molar-refractivity contribution in [2.45, 2.75) is 215 Å². The van der Waals surface area contributed by atoms with Crippen molar-refractivity contribution in [3.05, 3.63) is 180 Å². The van der Waals surface area contributed by atoms with Crippen LogP contribution < -0.4 is 0 Å². The molecule has 0 radical (unpaired) electrons. The van der Waals surface area contributed by atoms with Crippen molar-refractivity contribution in [2.24, 2.45) is 0 Å². The molecule has 0 aromatic heterocycles. The number of aryl methyl sites for hydroxylation is 8. The Hall–Kier alpha value is -2.65. The van der Waals surface area contributed by atoms with Crippen molar-refractivity contribution in [1.29, 1.82) is 0 Å². The Morgan fingerprint density at radius 3 is 0.948 bits per heavy atom. The van der Waals surface area contributed by atoms with Gasteiger partial charge in [-0.3, -0.25) is 4.79 Å². The molecule has 0 saturated heterocycles. The maximum atomic E-state index is 12.9. The lowest BCUT2D eigenvalue weighted by Crippen LogP contribution is -2.27. The van der Waals surface area contributed by atoms with E-state index >= 15 is 0 Å². The van der Waals surface area contributed by atoms with Crippen molar-refractivity contribution < 1.29 is 9.90 Å². The van der Waals surface area contributed by atoms with Gasteiger partial charge in [-0.05, 0) is 210 Å². The molecule has 0 fully saturated rings. The first kappa shape index (κ1) is 63.5. The molecule has 1 N–H and O–H groups in total. The summed E-state index contributed by atoms with van der Waals surface area (Å²) in [5.41, 5.74) is 18.7. The summed E-state index contributed by atoms with van der Waals surface area (Å²) in [5, 5.41) is 12.9. The van der Waals surface area contributed by atoms with Crippen LogP contribution in [0.15, 0.2) is 107 Å². The lowest BCUT2D eigenvalue weighted by molar-refractivity contribution is 0.104. The van der Waals surface area contributed by atoms with Gasteiger partial charge in [0.2, 0.25) is 0 Å². The van der Waals surface area contributed by atoms with Crippen LogP contribution in [-0.4, -0.2) is 10.9 Å². The summed E-state index contributed by atoms with van der Waals surface area (Å²) in [7, 11) is 0. The summed E-state index contributed by atoms with van der Waals surface area (Å²) in [6.45, 7) is 17.7. The number of unbranched alkanes of at least 4 members (excludes halogenated alkanes) is 12. The second-order valence-electron chi connectivity index (χ2n) is 21.7. The first-order valence-corrected chi connectivity index (χ1v) is 33.7. The number of rotatable bonds is 25. The van der Waals surface area contributed by atoms with Gasteiger partial charge in [-0.25, -0.2) is 0 Å². The topological polar surface area (TPSA) is 37.3 Å². The molecule has 2 aliphatic rings. The number of hydrogen-bond donors (Lipinski definition) is 1. The van der Waals surface area contributed by atoms with Crippen LogP contribution in [0.2, 0.25) is 0 Å². The molecule has 6 aromatic rings. The quantitative estimate of drug-likeness (QED) is 0.0579. The molecule has 0 amide bonds. The third-order valence-electron chi connectivity index (χ3n) is 15.9. The van der Waals surface area contributed by atoms with E-state index in [0.717, 1.165) is 95.4 Å². The summed E-state index contributed by atoms with van der Waals surface area (Å²) in [6.07, 6.45) is 29.2. The molecule has 2 nitrogen and oxygen atoms in total. The molecule has 414 valence electrons. The molecule has 7 heteroatoms. The monoisotopic (exact) mass is 1350 g/mol. The largest absolute Gasteiger partial charge is 0.376 e. The first-order valence-electron chi connectivity index (χ1n) is 29.7. The van der Waals surface area contributed by atoms with E-state index < -0.39 is 5.60 Å². The fourth-order valence-corrected chi connectivity index (χ4v) is 14.4. The van der Waals surface area contributed by atoms with E-state index in [0.29, 0.717) is 0 Å². The van der Waals surface area contributed by atoms with E-state index in [1.54, 1.807) is 0 Å². The van der Waals surface area contributed by atoms with E-state index in [4.69, 9.17) is 0 Å². The average Bonchev–Trinajstić information content (AvgIpc) is 4.08. The third-order valence-corrected chi connectivity index (χ3v) is 19.3. The summed E-state index contributed by atoms with van der Waals surface area (Å²) in [5.74, 6) is 0.127. The van der Waals surface area contributed by atoms with Crippen LogP contribution >= 0.6 is 79.6 Å². The van der Waals surface area contributed by atoms with Gasteiger partial charge >= 0.3 is 0 Å². The molecule has 2 aliphatic carbocycles. The molecule has 77 heavy (non-hydrogen) atoms. The Morgan fingerprint density at radius 1 is 0.338 bits per heavy atom. The molecule has 8 rings (SSSR count). The minimum absolute atomic E-state index is 0.127. The van der Waals surface area contributed by atoms with Gasteiger partial charge in [0.15, 0.2) is 5.78 Å². The maximum absolute atomic E-state index is 12.9. The van der Waals surface area contributed by atoms with E-state index in [2.05, 4.69) is 208 Å². The summed E-state index contributed by atoms with van der Waals surface area (Å²) >= 11 is 18.4. The van der Waals surface area contributed by atoms with Crippen LogP contribution in [0.4, 0.5) is 0 Å². The Labute approximate surface area is 507 Å². The molecule has 0 aliphatic heterocycles. The fraction of sp³-hybridized carbons (Fsp3) is 0.471. The van der Waals surface area contributed by atoms with Crippen LogP contribution in [0.25, 0.3) is 22.3 Å². The van der Waals surface area contributed by atoms with Gasteiger partial charge in [0.25, 0.3) is 0 Å². The SMILES string of the molecule is CCCCCCc1cc(Br)cc(CCCCCC)c1.CCCCCCc1cc(CCCCCC)cc(C2(O)c3cc(Br)c(CC)cc3-c3cc(CC)c(Br)cc32)c1.CCc1cc2c(cc1Br)C(=O)c1cc(Br)c(CC)cc1-2. The summed E-state index contributed by atoms with van der Waals surface area (Å²) < 4.78 is 5.46. The standard InChI is InChI=1S/C35H44Br2O.C18H29Br.C17H14Br2O/c1-5-9-11-13-15-24-17-25(16-14-12-10-6-2)19-28(18-24)35(38)31-22-33(36)26(7-3)20-29(31)30-21-27(8-4)34(37)23-32(30)35;1-3-5-7-9-11-16-13-17(15-18(19)14-16)12-10-8-6-4-2;1-3-9-5-11-12-6-10(4-2)16(19)8-14(12)17(20)13(11)7-15(9)18/h17-23,38H,5-16H2,1-4H3;13-15H,3-12H2,1-2H3;5-8H,3-4H2,1-2H3. The zero-order valence-electron chi connectivity index (χ0n) is 47.8. The predicted octanol–water partition coefficient (Wildman–Crippen LogP) is 23.1. The van der Waals surface area contributed by atoms with Crippen LogP contribution in [0.1, 0.15) is 235 Å². The van der Waals surface area contributed by atoms with Crippen molar-refractivity contribution in [3.8, 4) is 22.3 Å². The number of halogens is 5. The van der Waals surface area contributed by atoms with Gasteiger partial charge < -0.3 is 5.11 Å². The van der Waals surface area contributed by atoms with Crippen molar-refractivity contribution in [3.63, 3.8) is 0 Å². The van der Waals surface area contributed by atoms with Gasteiger partial charge in [-0.2, -0.15) is 0 Å². The number of aliphatic hydroxyl groups is 1. The van der Waals surface area contributed by atoms with Gasteiger partial charge in [0.1, 0.15) is 5.60 Å². The minimum atomic E-state index is -1.17. The van der Waals surface area contributed by atoms with Crippen LogP contribution in [0, 0.1) is 0 Å². The third kappa shape index (κ3) is 16.3. The number of fused-ring (bicyclic) bond motifs is 6. The minimum Gasteiger partial charge on any atom is -0.376 e. The average molecular weight is 1360 g/mol. The Morgan fingerprint density at radius 2 is 0.636 bits per heavy atom.